The SMILES string of the molecule is CCCCOC(=O)C(Cl)C(Cl)CCl. The molecule has 0 radical (unpaired) electrons. The lowest BCUT2D eigenvalue weighted by molar-refractivity contribution is -0.143. The third kappa shape index (κ3) is 5.61. The lowest BCUT2D eigenvalue weighted by Gasteiger charge is -2.12. The molecule has 0 rings (SSSR count). The maximum absolute atomic E-state index is 11.1. The molecule has 0 saturated carbocycles. The van der Waals surface area contributed by atoms with E-state index in [1.165, 1.54) is 0 Å². The average Bonchev–Trinajstić information content (AvgIpc) is 2.15. The molecule has 0 aliphatic heterocycles. The van der Waals surface area contributed by atoms with Crippen LogP contribution < -0.4 is 0 Å². The molecule has 0 aliphatic rings. The van der Waals surface area contributed by atoms with Crippen LogP contribution in [0.15, 0.2) is 0 Å². The molecule has 0 aromatic heterocycles. The summed E-state index contributed by atoms with van der Waals surface area (Å²) in [7, 11) is 0. The molecule has 2 nitrogen and oxygen atoms in total. The maximum atomic E-state index is 11.1. The first-order valence-corrected chi connectivity index (χ1v) is 5.55. The highest BCUT2D eigenvalue weighted by Gasteiger charge is 2.24. The Bertz CT molecular complexity index is 152. The molecule has 5 heteroatoms. The topological polar surface area (TPSA) is 26.3 Å². The monoisotopic (exact) mass is 246 g/mol. The second kappa shape index (κ2) is 7.72. The smallest absolute Gasteiger partial charge is 0.325 e. The fourth-order valence-corrected chi connectivity index (χ4v) is 1.15. The summed E-state index contributed by atoms with van der Waals surface area (Å²) in [6, 6.07) is 0. The molecule has 2 unspecified atom stereocenters. The van der Waals surface area contributed by atoms with Crippen molar-refractivity contribution in [3.8, 4) is 0 Å². The van der Waals surface area contributed by atoms with Crippen LogP contribution in [0, 0.1) is 0 Å². The quantitative estimate of drug-likeness (QED) is 0.410. The number of hydrogen-bond acceptors (Lipinski definition) is 2. The molecule has 0 aromatic rings. The van der Waals surface area contributed by atoms with E-state index in [0.29, 0.717) is 6.61 Å². The van der Waals surface area contributed by atoms with Gasteiger partial charge in [-0.3, -0.25) is 4.79 Å². The van der Waals surface area contributed by atoms with E-state index < -0.39 is 16.7 Å². The van der Waals surface area contributed by atoms with Crippen molar-refractivity contribution >= 4 is 40.8 Å². The van der Waals surface area contributed by atoms with Gasteiger partial charge in [0.15, 0.2) is 0 Å². The predicted molar refractivity (Wildman–Crippen MR) is 55.9 cm³/mol. The summed E-state index contributed by atoms with van der Waals surface area (Å²) in [5.74, 6) is -0.353. The van der Waals surface area contributed by atoms with E-state index in [9.17, 15) is 4.79 Å². The van der Waals surface area contributed by atoms with Crippen LogP contribution in [0.2, 0.25) is 0 Å². The van der Waals surface area contributed by atoms with Crippen LogP contribution in [-0.4, -0.2) is 29.2 Å². The van der Waals surface area contributed by atoms with Gasteiger partial charge < -0.3 is 4.74 Å². The summed E-state index contributed by atoms with van der Waals surface area (Å²) < 4.78 is 4.85. The Morgan fingerprint density at radius 1 is 1.46 bits per heavy atom. The van der Waals surface area contributed by atoms with Gasteiger partial charge in [-0.25, -0.2) is 0 Å². The van der Waals surface area contributed by atoms with Crippen LogP contribution in [0.4, 0.5) is 0 Å². The summed E-state index contributed by atoms with van der Waals surface area (Å²) >= 11 is 16.8. The van der Waals surface area contributed by atoms with Gasteiger partial charge in [-0.15, -0.1) is 34.8 Å². The molecule has 78 valence electrons. The van der Waals surface area contributed by atoms with Crippen molar-refractivity contribution in [2.45, 2.75) is 30.5 Å². The number of carbonyl (C=O) groups excluding carboxylic acids is 1. The molecule has 0 saturated heterocycles. The lowest BCUT2D eigenvalue weighted by Crippen LogP contribution is -2.28. The molecule has 13 heavy (non-hydrogen) atoms. The summed E-state index contributed by atoms with van der Waals surface area (Å²) in [5.41, 5.74) is 0. The molecule has 0 fully saturated rings. The third-order valence-corrected chi connectivity index (χ3v) is 2.94. The Kier molecular flexibility index (Phi) is 7.92. The first kappa shape index (κ1) is 13.3. The number of hydrogen-bond donors (Lipinski definition) is 0. The zero-order valence-electron chi connectivity index (χ0n) is 7.43. The van der Waals surface area contributed by atoms with Crippen molar-refractivity contribution in [1.29, 1.82) is 0 Å². The summed E-state index contributed by atoms with van der Waals surface area (Å²) in [4.78, 5) is 11.1. The van der Waals surface area contributed by atoms with Gasteiger partial charge in [-0.05, 0) is 6.42 Å². The van der Waals surface area contributed by atoms with Crippen LogP contribution >= 0.6 is 34.8 Å². The standard InChI is InChI=1S/C8H13Cl3O2/c1-2-3-4-13-8(12)7(11)6(10)5-9/h6-7H,2-5H2,1H3. The Morgan fingerprint density at radius 3 is 2.54 bits per heavy atom. The van der Waals surface area contributed by atoms with Crippen LogP contribution in [0.25, 0.3) is 0 Å². The number of unbranched alkanes of at least 4 members (excludes halogenated alkanes) is 1. The number of halogens is 3. The van der Waals surface area contributed by atoms with Crippen molar-refractivity contribution in [2.75, 3.05) is 12.5 Å². The Hall–Kier alpha value is 0.340. The molecule has 0 amide bonds. The van der Waals surface area contributed by atoms with E-state index >= 15 is 0 Å². The highest BCUT2D eigenvalue weighted by atomic mass is 35.5. The van der Waals surface area contributed by atoms with Gasteiger partial charge in [0.05, 0.1) is 12.0 Å². The van der Waals surface area contributed by atoms with E-state index in [4.69, 9.17) is 39.5 Å². The first-order valence-electron chi connectivity index (χ1n) is 4.14. The van der Waals surface area contributed by atoms with E-state index in [1.54, 1.807) is 0 Å². The number of rotatable bonds is 6. The van der Waals surface area contributed by atoms with Gasteiger partial charge in [0.1, 0.15) is 5.38 Å². The van der Waals surface area contributed by atoms with Gasteiger partial charge in [0, 0.05) is 5.88 Å². The molecule has 0 aliphatic carbocycles. The molecule has 0 aromatic carbocycles. The largest absolute Gasteiger partial charge is 0.465 e. The normalized spacial score (nSPS) is 15.1. The third-order valence-electron chi connectivity index (χ3n) is 1.43. The molecule has 0 bridgehead atoms. The molecular weight excluding hydrogens is 234 g/mol. The maximum Gasteiger partial charge on any atom is 0.325 e. The Balaban J connectivity index is 3.69. The van der Waals surface area contributed by atoms with Crippen molar-refractivity contribution < 1.29 is 9.53 Å². The van der Waals surface area contributed by atoms with Gasteiger partial charge in [0.2, 0.25) is 0 Å². The van der Waals surface area contributed by atoms with Crippen LogP contribution in [0.5, 0.6) is 0 Å². The van der Waals surface area contributed by atoms with Crippen LogP contribution in [0.3, 0.4) is 0 Å². The van der Waals surface area contributed by atoms with Gasteiger partial charge in [0.25, 0.3) is 0 Å². The van der Waals surface area contributed by atoms with E-state index in [2.05, 4.69) is 0 Å². The molecule has 2 atom stereocenters. The minimum absolute atomic E-state index is 0.138. The zero-order valence-corrected chi connectivity index (χ0v) is 9.70. The molecule has 0 spiro atoms. The van der Waals surface area contributed by atoms with Crippen molar-refractivity contribution in [2.24, 2.45) is 0 Å². The van der Waals surface area contributed by atoms with Crippen LogP contribution in [0.1, 0.15) is 19.8 Å². The summed E-state index contributed by atoms with van der Waals surface area (Å²) in [5, 5.41) is -1.42. The molecular formula is C8H13Cl3O2. The summed E-state index contributed by atoms with van der Waals surface area (Å²) in [6.07, 6.45) is 1.81. The Morgan fingerprint density at radius 2 is 2.08 bits per heavy atom. The zero-order chi connectivity index (χ0) is 10.3. The second-order valence-corrected chi connectivity index (χ2v) is 3.93. The highest BCUT2D eigenvalue weighted by Crippen LogP contribution is 2.13. The lowest BCUT2D eigenvalue weighted by atomic mass is 10.3. The van der Waals surface area contributed by atoms with Crippen molar-refractivity contribution in [1.82, 2.24) is 0 Å². The number of carbonyl (C=O) groups is 1. The Labute approximate surface area is 93.5 Å². The number of esters is 1. The van der Waals surface area contributed by atoms with E-state index in [0.717, 1.165) is 12.8 Å². The average molecular weight is 248 g/mol. The van der Waals surface area contributed by atoms with Crippen molar-refractivity contribution in [3.63, 3.8) is 0 Å². The van der Waals surface area contributed by atoms with Gasteiger partial charge in [-0.1, -0.05) is 13.3 Å². The second-order valence-electron chi connectivity index (χ2n) is 2.59. The highest BCUT2D eigenvalue weighted by molar-refractivity contribution is 6.39. The first-order chi connectivity index (χ1) is 6.13. The van der Waals surface area contributed by atoms with E-state index in [1.807, 2.05) is 6.92 Å². The summed E-state index contributed by atoms with van der Waals surface area (Å²) in [6.45, 7) is 2.40. The minimum atomic E-state index is -0.851. The molecule has 0 N–H and O–H groups in total. The fraction of sp³-hybridized carbons (Fsp3) is 0.875. The molecule has 0 heterocycles. The fourth-order valence-electron chi connectivity index (χ4n) is 0.623. The van der Waals surface area contributed by atoms with Gasteiger partial charge >= 0.3 is 5.97 Å². The van der Waals surface area contributed by atoms with Gasteiger partial charge in [-0.2, -0.15) is 0 Å². The number of ether oxygens (including phenoxy) is 1. The van der Waals surface area contributed by atoms with E-state index in [-0.39, 0.29) is 5.88 Å². The minimum Gasteiger partial charge on any atom is -0.465 e. The van der Waals surface area contributed by atoms with Crippen LogP contribution in [-0.2, 0) is 9.53 Å². The van der Waals surface area contributed by atoms with Crippen molar-refractivity contribution in [3.05, 3.63) is 0 Å². The predicted octanol–water partition coefficient (Wildman–Crippen LogP) is 2.78. The number of alkyl halides is 3.